The molecule has 146 valence electrons. The van der Waals surface area contributed by atoms with E-state index in [0.29, 0.717) is 19.2 Å². The Balaban J connectivity index is 2.29. The number of primary sulfonamides is 1. The molecule has 1 aliphatic heterocycles. The summed E-state index contributed by atoms with van der Waals surface area (Å²) in [6.45, 7) is 6.40. The molecular formula is C16H22F3N3O3S. The number of carbonyl (C=O) groups excluding carboxylic acids is 1. The Bertz CT molecular complexity index is 793. The second-order valence-electron chi connectivity index (χ2n) is 7.25. The van der Waals surface area contributed by atoms with Gasteiger partial charge < -0.3 is 9.80 Å². The van der Waals surface area contributed by atoms with Crippen molar-refractivity contribution in [1.82, 2.24) is 4.90 Å². The molecule has 1 aromatic rings. The lowest BCUT2D eigenvalue weighted by Gasteiger charge is -2.39. The molecular weight excluding hydrogens is 371 g/mol. The van der Waals surface area contributed by atoms with Gasteiger partial charge in [0.1, 0.15) is 0 Å². The maximum atomic E-state index is 13.4. The summed E-state index contributed by atoms with van der Waals surface area (Å²) in [4.78, 5) is 14.8. The Morgan fingerprint density at radius 2 is 1.62 bits per heavy atom. The van der Waals surface area contributed by atoms with E-state index in [-0.39, 0.29) is 24.7 Å². The van der Waals surface area contributed by atoms with Crippen LogP contribution in [0.3, 0.4) is 0 Å². The molecule has 1 aliphatic rings. The number of nitrogens with zero attached hydrogens (tertiary/aromatic N) is 2. The van der Waals surface area contributed by atoms with Crippen LogP contribution in [0.15, 0.2) is 23.1 Å². The predicted molar refractivity (Wildman–Crippen MR) is 91.1 cm³/mol. The summed E-state index contributed by atoms with van der Waals surface area (Å²) in [5.41, 5.74) is -1.73. The number of hydrogen-bond donors (Lipinski definition) is 1. The third kappa shape index (κ3) is 4.47. The summed E-state index contributed by atoms with van der Waals surface area (Å²) in [6.07, 6.45) is -4.73. The van der Waals surface area contributed by atoms with E-state index in [4.69, 9.17) is 5.14 Å². The lowest BCUT2D eigenvalue weighted by Crippen LogP contribution is -2.52. The second-order valence-corrected chi connectivity index (χ2v) is 8.81. The van der Waals surface area contributed by atoms with Crippen LogP contribution >= 0.6 is 0 Å². The van der Waals surface area contributed by atoms with E-state index in [1.807, 2.05) is 0 Å². The van der Waals surface area contributed by atoms with Gasteiger partial charge in [-0.3, -0.25) is 4.79 Å². The van der Waals surface area contributed by atoms with Gasteiger partial charge >= 0.3 is 6.18 Å². The van der Waals surface area contributed by atoms with E-state index in [9.17, 15) is 26.4 Å². The predicted octanol–water partition coefficient (Wildman–Crippen LogP) is 2.05. The minimum Gasteiger partial charge on any atom is -0.367 e. The normalized spacial score (nSPS) is 16.7. The minimum absolute atomic E-state index is 0.0576. The highest BCUT2D eigenvalue weighted by Crippen LogP contribution is 2.38. The van der Waals surface area contributed by atoms with E-state index < -0.39 is 32.1 Å². The maximum Gasteiger partial charge on any atom is 0.418 e. The molecule has 0 spiro atoms. The zero-order valence-electron chi connectivity index (χ0n) is 14.8. The lowest BCUT2D eigenvalue weighted by atomic mass is 9.94. The fraction of sp³-hybridized carbons (Fsp3) is 0.562. The number of anilines is 1. The molecule has 1 aromatic carbocycles. The monoisotopic (exact) mass is 393 g/mol. The van der Waals surface area contributed by atoms with E-state index in [0.717, 1.165) is 12.1 Å². The van der Waals surface area contributed by atoms with Gasteiger partial charge in [0.05, 0.1) is 10.5 Å². The number of benzene rings is 1. The van der Waals surface area contributed by atoms with Crippen molar-refractivity contribution < 1.29 is 26.4 Å². The van der Waals surface area contributed by atoms with Crippen LogP contribution in [0.25, 0.3) is 0 Å². The van der Waals surface area contributed by atoms with Crippen molar-refractivity contribution in [3.63, 3.8) is 0 Å². The lowest BCUT2D eigenvalue weighted by molar-refractivity contribution is -0.140. The van der Waals surface area contributed by atoms with Crippen molar-refractivity contribution in [2.75, 3.05) is 31.1 Å². The molecule has 0 bridgehead atoms. The van der Waals surface area contributed by atoms with Gasteiger partial charge in [-0.1, -0.05) is 20.8 Å². The van der Waals surface area contributed by atoms with Crippen LogP contribution in [0.2, 0.25) is 0 Å². The number of piperazine rings is 1. The first-order valence-corrected chi connectivity index (χ1v) is 9.54. The van der Waals surface area contributed by atoms with Gasteiger partial charge in [-0.25, -0.2) is 13.6 Å². The SMILES string of the molecule is CC(C)(C)C(=O)N1CCN(c2ccc(S(N)(=O)=O)cc2C(F)(F)F)CC1. The molecule has 2 rings (SSSR count). The van der Waals surface area contributed by atoms with E-state index in [1.165, 1.54) is 4.90 Å². The fourth-order valence-electron chi connectivity index (χ4n) is 2.82. The standard InChI is InChI=1S/C16H22F3N3O3S/c1-15(2,3)14(23)22-8-6-21(7-9-22)13-5-4-11(26(20,24)25)10-12(13)16(17,18)19/h4-5,10H,6-9H2,1-3H3,(H2,20,24,25). The molecule has 2 N–H and O–H groups in total. The Hall–Kier alpha value is -1.81. The number of amides is 1. The molecule has 0 aliphatic carbocycles. The average Bonchev–Trinajstić information content (AvgIpc) is 2.51. The molecule has 0 radical (unpaired) electrons. The summed E-state index contributed by atoms with van der Waals surface area (Å²) in [6, 6.07) is 2.73. The molecule has 10 heteroatoms. The summed E-state index contributed by atoms with van der Waals surface area (Å²) in [5.74, 6) is -0.0576. The molecule has 1 heterocycles. The zero-order chi connectivity index (χ0) is 19.9. The summed E-state index contributed by atoms with van der Waals surface area (Å²) < 4.78 is 62.9. The highest BCUT2D eigenvalue weighted by atomic mass is 32.2. The van der Waals surface area contributed by atoms with Crippen LogP contribution < -0.4 is 10.0 Å². The summed E-state index contributed by atoms with van der Waals surface area (Å²) >= 11 is 0. The van der Waals surface area contributed by atoms with Gasteiger partial charge in [0.2, 0.25) is 15.9 Å². The topological polar surface area (TPSA) is 83.7 Å². The molecule has 6 nitrogen and oxygen atoms in total. The van der Waals surface area contributed by atoms with Crippen molar-refractivity contribution in [2.24, 2.45) is 10.6 Å². The smallest absolute Gasteiger partial charge is 0.367 e. The highest BCUT2D eigenvalue weighted by Gasteiger charge is 2.37. The van der Waals surface area contributed by atoms with Crippen LogP contribution in [-0.2, 0) is 21.0 Å². The van der Waals surface area contributed by atoms with Gasteiger partial charge in [0.25, 0.3) is 0 Å². The van der Waals surface area contributed by atoms with E-state index in [2.05, 4.69) is 0 Å². The molecule has 0 saturated carbocycles. The first-order chi connectivity index (χ1) is 11.7. The van der Waals surface area contributed by atoms with Gasteiger partial charge in [-0.05, 0) is 18.2 Å². The summed E-state index contributed by atoms with van der Waals surface area (Å²) in [7, 11) is -4.24. The van der Waals surface area contributed by atoms with Crippen molar-refractivity contribution in [2.45, 2.75) is 31.8 Å². The molecule has 1 saturated heterocycles. The first kappa shape index (κ1) is 20.5. The van der Waals surface area contributed by atoms with Crippen molar-refractivity contribution >= 4 is 21.6 Å². The quantitative estimate of drug-likeness (QED) is 0.834. The maximum absolute atomic E-state index is 13.4. The molecule has 1 amide bonds. The largest absolute Gasteiger partial charge is 0.418 e. The summed E-state index contributed by atoms with van der Waals surface area (Å²) in [5, 5.41) is 4.94. The van der Waals surface area contributed by atoms with Gasteiger partial charge in [0.15, 0.2) is 0 Å². The first-order valence-electron chi connectivity index (χ1n) is 7.99. The van der Waals surface area contributed by atoms with Gasteiger partial charge in [-0.2, -0.15) is 13.2 Å². The number of alkyl halides is 3. The Morgan fingerprint density at radius 1 is 1.08 bits per heavy atom. The third-order valence-electron chi connectivity index (χ3n) is 4.15. The Kier molecular flexibility index (Phi) is 5.31. The van der Waals surface area contributed by atoms with Crippen LogP contribution in [0.5, 0.6) is 0 Å². The van der Waals surface area contributed by atoms with Gasteiger partial charge in [0, 0.05) is 37.3 Å². The Labute approximate surface area is 150 Å². The Morgan fingerprint density at radius 3 is 2.04 bits per heavy atom. The fourth-order valence-corrected chi connectivity index (χ4v) is 3.36. The van der Waals surface area contributed by atoms with Gasteiger partial charge in [-0.15, -0.1) is 0 Å². The average molecular weight is 393 g/mol. The van der Waals surface area contributed by atoms with Crippen molar-refractivity contribution in [3.8, 4) is 0 Å². The van der Waals surface area contributed by atoms with Crippen LogP contribution in [0.4, 0.5) is 18.9 Å². The number of hydrogen-bond acceptors (Lipinski definition) is 4. The number of carbonyl (C=O) groups is 1. The van der Waals surface area contributed by atoms with E-state index >= 15 is 0 Å². The van der Waals surface area contributed by atoms with E-state index in [1.54, 1.807) is 25.7 Å². The number of nitrogens with two attached hydrogens (primary N) is 1. The number of halogens is 3. The number of sulfonamides is 1. The zero-order valence-corrected chi connectivity index (χ0v) is 15.6. The van der Waals surface area contributed by atoms with Crippen LogP contribution in [0.1, 0.15) is 26.3 Å². The molecule has 0 aromatic heterocycles. The van der Waals surface area contributed by atoms with Crippen molar-refractivity contribution in [3.05, 3.63) is 23.8 Å². The van der Waals surface area contributed by atoms with Crippen molar-refractivity contribution in [1.29, 1.82) is 0 Å². The molecule has 0 unspecified atom stereocenters. The molecule has 0 atom stereocenters. The minimum atomic E-state index is -4.73. The molecule has 1 fully saturated rings. The highest BCUT2D eigenvalue weighted by molar-refractivity contribution is 7.89. The van der Waals surface area contributed by atoms with Crippen LogP contribution in [0, 0.1) is 5.41 Å². The molecule has 26 heavy (non-hydrogen) atoms. The third-order valence-corrected chi connectivity index (χ3v) is 5.06. The van der Waals surface area contributed by atoms with Crippen LogP contribution in [-0.4, -0.2) is 45.4 Å². The number of rotatable bonds is 2. The second kappa shape index (κ2) is 6.73.